The van der Waals surface area contributed by atoms with Crippen molar-refractivity contribution in [2.75, 3.05) is 40.3 Å². The molecule has 48 heavy (non-hydrogen) atoms. The Morgan fingerprint density at radius 2 is 1.54 bits per heavy atom. The Kier molecular flexibility index (Phi) is 10.3. The predicted octanol–water partition coefficient (Wildman–Crippen LogP) is 4.09. The monoisotopic (exact) mass is 657 g/mol. The molecule has 0 aliphatic carbocycles. The smallest absolute Gasteiger partial charge is 0.311 e. The highest BCUT2D eigenvalue weighted by molar-refractivity contribution is 6.25. The molecule has 13 heteroatoms. The van der Waals surface area contributed by atoms with Gasteiger partial charge in [0.25, 0.3) is 11.8 Å². The largest absolute Gasteiger partial charge is 0.493 e. The summed E-state index contributed by atoms with van der Waals surface area (Å²) in [6.07, 6.45) is 4.20. The van der Waals surface area contributed by atoms with Crippen molar-refractivity contribution in [3.8, 4) is 28.7 Å². The Balaban J connectivity index is 1.20. The first kappa shape index (κ1) is 33.5. The summed E-state index contributed by atoms with van der Waals surface area (Å²) in [5.41, 5.74) is 2.27. The summed E-state index contributed by atoms with van der Waals surface area (Å²) in [5.74, 6) is -0.661. The molecule has 3 aromatic carbocycles. The quantitative estimate of drug-likeness (QED) is 0.0897. The van der Waals surface area contributed by atoms with Gasteiger partial charge in [-0.2, -0.15) is 0 Å². The van der Waals surface area contributed by atoms with Crippen LogP contribution in [0.4, 0.5) is 5.69 Å². The molecule has 2 N–H and O–H groups in total. The van der Waals surface area contributed by atoms with Gasteiger partial charge in [-0.15, -0.1) is 0 Å². The highest BCUT2D eigenvalue weighted by atomic mass is 16.6. The minimum Gasteiger partial charge on any atom is -0.493 e. The highest BCUT2D eigenvalue weighted by Gasteiger charge is 2.45. The number of methoxy groups -OCH3 is 4. The molecule has 5 rings (SSSR count). The molecule has 0 aromatic heterocycles. The molecule has 250 valence electrons. The third-order valence-corrected chi connectivity index (χ3v) is 7.91. The molecule has 0 bridgehead atoms. The summed E-state index contributed by atoms with van der Waals surface area (Å²) in [6.45, 7) is 0.292. The molecule has 2 aliphatic rings. The number of benzene rings is 3. The van der Waals surface area contributed by atoms with Crippen molar-refractivity contribution in [3.63, 3.8) is 0 Å². The van der Waals surface area contributed by atoms with Gasteiger partial charge in [0.2, 0.25) is 17.6 Å². The molecule has 3 aromatic rings. The van der Waals surface area contributed by atoms with Crippen LogP contribution in [0.5, 0.6) is 28.7 Å². The van der Waals surface area contributed by atoms with E-state index >= 15 is 0 Å². The van der Waals surface area contributed by atoms with E-state index in [4.69, 9.17) is 23.7 Å². The third-order valence-electron chi connectivity index (χ3n) is 7.91. The molecule has 1 unspecified atom stereocenters. The SMILES string of the molecule is COc1ccc(/C=C\c2cc(OC)c(OC)c(OC)c2)cc1OC(=O)CCCNc1cccc2c1C(=O)N(C1CCC(=O)NC1=O)C2=O. The summed E-state index contributed by atoms with van der Waals surface area (Å²) < 4.78 is 27.3. The van der Waals surface area contributed by atoms with Crippen LogP contribution in [0.1, 0.15) is 57.5 Å². The fourth-order valence-electron chi connectivity index (χ4n) is 5.56. The van der Waals surface area contributed by atoms with Crippen LogP contribution in [0.3, 0.4) is 0 Å². The lowest BCUT2D eigenvalue weighted by molar-refractivity contribution is -0.136. The molecule has 0 spiro atoms. The fourth-order valence-corrected chi connectivity index (χ4v) is 5.56. The maximum Gasteiger partial charge on any atom is 0.311 e. The summed E-state index contributed by atoms with van der Waals surface area (Å²) in [7, 11) is 6.10. The van der Waals surface area contributed by atoms with Gasteiger partial charge in [0.15, 0.2) is 23.0 Å². The van der Waals surface area contributed by atoms with Crippen LogP contribution < -0.4 is 34.3 Å². The van der Waals surface area contributed by atoms with E-state index in [0.29, 0.717) is 41.7 Å². The maximum atomic E-state index is 13.3. The standard InChI is InChI=1S/C35H35N3O10/c1-44-25-14-12-20(10-11-21-18-27(45-2)32(47-4)28(19-21)46-3)17-26(25)48-30(40)9-6-16-36-23-8-5-7-22-31(23)35(43)38(34(22)42)24-13-15-29(39)37-33(24)41/h5,7-8,10-12,14,17-19,24,36H,6,9,13,15-16H2,1-4H3,(H,37,39,41)/b11-10-. The number of anilines is 1. The van der Waals surface area contributed by atoms with Gasteiger partial charge in [-0.1, -0.05) is 24.3 Å². The predicted molar refractivity (Wildman–Crippen MR) is 174 cm³/mol. The number of nitrogens with one attached hydrogen (secondary N) is 2. The van der Waals surface area contributed by atoms with Crippen molar-refractivity contribution < 1.29 is 47.7 Å². The van der Waals surface area contributed by atoms with E-state index in [0.717, 1.165) is 16.0 Å². The Morgan fingerprint density at radius 1 is 0.854 bits per heavy atom. The number of amides is 4. The van der Waals surface area contributed by atoms with Gasteiger partial charge in [0.05, 0.1) is 39.6 Å². The number of esters is 1. The first-order chi connectivity index (χ1) is 23.2. The lowest BCUT2D eigenvalue weighted by Gasteiger charge is -2.27. The molecule has 13 nitrogen and oxygen atoms in total. The van der Waals surface area contributed by atoms with Gasteiger partial charge in [0, 0.05) is 25.1 Å². The highest BCUT2D eigenvalue weighted by Crippen LogP contribution is 2.39. The van der Waals surface area contributed by atoms with Gasteiger partial charge >= 0.3 is 5.97 Å². The molecular weight excluding hydrogens is 622 g/mol. The summed E-state index contributed by atoms with van der Waals surface area (Å²) in [4.78, 5) is 64.0. The lowest BCUT2D eigenvalue weighted by Crippen LogP contribution is -2.54. The molecule has 2 heterocycles. The fraction of sp³-hybridized carbons (Fsp3) is 0.286. The van der Waals surface area contributed by atoms with E-state index in [2.05, 4.69) is 10.6 Å². The van der Waals surface area contributed by atoms with Crippen LogP contribution >= 0.6 is 0 Å². The topological polar surface area (TPSA) is 159 Å². The number of nitrogens with zero attached hydrogens (tertiary/aromatic N) is 1. The van der Waals surface area contributed by atoms with Gasteiger partial charge in [0.1, 0.15) is 6.04 Å². The molecule has 1 saturated heterocycles. The Hall–Kier alpha value is -5.85. The molecule has 0 saturated carbocycles. The van der Waals surface area contributed by atoms with Crippen LogP contribution in [0, 0.1) is 0 Å². The zero-order valence-corrected chi connectivity index (χ0v) is 26.9. The first-order valence-corrected chi connectivity index (χ1v) is 15.1. The second-order valence-electron chi connectivity index (χ2n) is 10.9. The Labute approximate surface area is 276 Å². The lowest BCUT2D eigenvalue weighted by atomic mass is 10.0. The van der Waals surface area contributed by atoms with Crippen molar-refractivity contribution in [3.05, 3.63) is 70.8 Å². The Morgan fingerprint density at radius 3 is 2.21 bits per heavy atom. The average molecular weight is 658 g/mol. The number of carbonyl (C=O) groups excluding carboxylic acids is 5. The number of fused-ring (bicyclic) bond motifs is 1. The van der Waals surface area contributed by atoms with Gasteiger partial charge in [-0.25, -0.2) is 0 Å². The summed E-state index contributed by atoms with van der Waals surface area (Å²) in [6, 6.07) is 12.6. The molecule has 1 fully saturated rings. The van der Waals surface area contributed by atoms with Crippen molar-refractivity contribution in [1.29, 1.82) is 0 Å². The number of hydrogen-bond donors (Lipinski definition) is 2. The van der Waals surface area contributed by atoms with E-state index in [-0.39, 0.29) is 36.1 Å². The average Bonchev–Trinajstić information content (AvgIpc) is 3.34. The molecule has 4 amide bonds. The number of ether oxygens (including phenoxy) is 5. The number of rotatable bonds is 13. The second-order valence-corrected chi connectivity index (χ2v) is 10.9. The number of carbonyl (C=O) groups is 5. The van der Waals surface area contributed by atoms with Gasteiger partial charge in [-0.3, -0.25) is 34.2 Å². The van der Waals surface area contributed by atoms with Crippen LogP contribution in [0.15, 0.2) is 48.5 Å². The van der Waals surface area contributed by atoms with E-state index in [9.17, 15) is 24.0 Å². The number of piperidine rings is 1. The second kappa shape index (κ2) is 14.7. The zero-order chi connectivity index (χ0) is 34.4. The molecule has 2 aliphatic heterocycles. The number of imide groups is 2. The molecule has 0 radical (unpaired) electrons. The van der Waals surface area contributed by atoms with Crippen molar-refractivity contribution in [2.24, 2.45) is 0 Å². The van der Waals surface area contributed by atoms with E-state index in [1.54, 1.807) is 38.5 Å². The summed E-state index contributed by atoms with van der Waals surface area (Å²) in [5, 5.41) is 5.31. The molecule has 1 atom stereocenters. The van der Waals surface area contributed by atoms with E-state index < -0.39 is 35.6 Å². The number of hydrogen-bond acceptors (Lipinski definition) is 11. The summed E-state index contributed by atoms with van der Waals surface area (Å²) >= 11 is 0. The van der Waals surface area contributed by atoms with Crippen LogP contribution in [0.25, 0.3) is 12.2 Å². The molecular formula is C35H35N3O10. The Bertz CT molecular complexity index is 1780. The third kappa shape index (κ3) is 6.94. The first-order valence-electron chi connectivity index (χ1n) is 15.1. The van der Waals surface area contributed by atoms with Crippen LogP contribution in [-0.2, 0) is 14.4 Å². The van der Waals surface area contributed by atoms with Crippen molar-refractivity contribution >= 4 is 47.4 Å². The maximum absolute atomic E-state index is 13.3. The van der Waals surface area contributed by atoms with Crippen molar-refractivity contribution in [1.82, 2.24) is 10.2 Å². The van der Waals surface area contributed by atoms with Gasteiger partial charge in [-0.05, 0) is 60.4 Å². The normalized spacial score (nSPS) is 15.7. The van der Waals surface area contributed by atoms with E-state index in [1.807, 2.05) is 30.4 Å². The minimum atomic E-state index is -1.06. The van der Waals surface area contributed by atoms with Crippen LogP contribution in [-0.4, -0.2) is 75.5 Å². The zero-order valence-electron chi connectivity index (χ0n) is 26.9. The van der Waals surface area contributed by atoms with Gasteiger partial charge < -0.3 is 29.0 Å². The minimum absolute atomic E-state index is 0.0346. The van der Waals surface area contributed by atoms with Crippen molar-refractivity contribution in [2.45, 2.75) is 31.7 Å². The van der Waals surface area contributed by atoms with E-state index in [1.165, 1.54) is 20.3 Å². The van der Waals surface area contributed by atoms with Crippen LogP contribution in [0.2, 0.25) is 0 Å².